The van der Waals surface area contributed by atoms with Crippen LogP contribution in [-0.2, 0) is 0 Å². The van der Waals surface area contributed by atoms with Gasteiger partial charge in [0.2, 0.25) is 0 Å². The van der Waals surface area contributed by atoms with E-state index in [1.54, 1.807) is 31.2 Å². The molecule has 0 spiro atoms. The van der Waals surface area contributed by atoms with E-state index in [2.05, 4.69) is 0 Å². The van der Waals surface area contributed by atoms with Gasteiger partial charge in [0.05, 0.1) is 17.7 Å². The average Bonchev–Trinajstić information content (AvgIpc) is 2.28. The van der Waals surface area contributed by atoms with Gasteiger partial charge in [0, 0.05) is 17.9 Å². The molecular weight excluding hydrogens is 188 g/mol. The molecule has 0 saturated carbocycles. The van der Waals surface area contributed by atoms with Gasteiger partial charge in [0.25, 0.3) is 0 Å². The fourth-order valence-corrected chi connectivity index (χ4v) is 1.22. The van der Waals surface area contributed by atoms with Gasteiger partial charge >= 0.3 is 0 Å². The molecule has 0 fully saturated rings. The zero-order valence-corrected chi connectivity index (χ0v) is 8.40. The Labute approximate surface area is 88.6 Å². The summed E-state index contributed by atoms with van der Waals surface area (Å²) in [7, 11) is 0. The smallest absolute Gasteiger partial charge is 0.166 e. The van der Waals surface area contributed by atoms with Crippen LogP contribution in [-0.4, -0.2) is 5.78 Å². The van der Waals surface area contributed by atoms with E-state index < -0.39 is 0 Å². The summed E-state index contributed by atoms with van der Waals surface area (Å²) in [6.45, 7) is 1.73. The normalized spacial score (nSPS) is 11.1. The van der Waals surface area contributed by atoms with Crippen molar-refractivity contribution in [2.24, 2.45) is 5.92 Å². The van der Waals surface area contributed by atoms with E-state index in [-0.39, 0.29) is 18.1 Å². The Kier molecular flexibility index (Phi) is 3.60. The van der Waals surface area contributed by atoms with Crippen molar-refractivity contribution < 1.29 is 4.79 Å². The summed E-state index contributed by atoms with van der Waals surface area (Å²) < 4.78 is 0. The van der Waals surface area contributed by atoms with Gasteiger partial charge in [-0.3, -0.25) is 4.79 Å². The zero-order chi connectivity index (χ0) is 11.3. The predicted octanol–water partition coefficient (Wildman–Crippen LogP) is 2.29. The van der Waals surface area contributed by atoms with E-state index in [1.807, 2.05) is 12.1 Å². The highest BCUT2D eigenvalue weighted by atomic mass is 16.1. The Balaban J connectivity index is 2.85. The minimum atomic E-state index is -0.289. The Morgan fingerprint density at radius 1 is 1.33 bits per heavy atom. The molecule has 0 aromatic heterocycles. The Morgan fingerprint density at radius 3 is 2.40 bits per heavy atom. The third kappa shape index (κ3) is 2.65. The van der Waals surface area contributed by atoms with Crippen LogP contribution in [0.1, 0.15) is 29.3 Å². The molecule has 3 nitrogen and oxygen atoms in total. The lowest BCUT2D eigenvalue weighted by molar-refractivity contribution is 0.0932. The van der Waals surface area contributed by atoms with Crippen LogP contribution in [0.5, 0.6) is 0 Å². The number of ketones is 1. The Bertz CT molecular complexity index is 434. The van der Waals surface area contributed by atoms with Crippen LogP contribution in [0, 0.1) is 28.6 Å². The van der Waals surface area contributed by atoms with Crippen LogP contribution >= 0.6 is 0 Å². The topological polar surface area (TPSA) is 64.7 Å². The molecule has 0 heterocycles. The number of rotatable bonds is 3. The standard InChI is InChI=1S/C12H10N2O/c1-9(6-7-13)12(15)11-4-2-10(8-14)3-5-11/h2-5,9H,6H2,1H3. The SMILES string of the molecule is CC(CC#N)C(=O)c1ccc(C#N)cc1. The molecule has 0 amide bonds. The molecule has 0 radical (unpaired) electrons. The van der Waals surface area contributed by atoms with Gasteiger partial charge in [0.1, 0.15) is 0 Å². The lowest BCUT2D eigenvalue weighted by atomic mass is 9.96. The molecule has 0 bridgehead atoms. The predicted molar refractivity (Wildman–Crippen MR) is 54.9 cm³/mol. The summed E-state index contributed by atoms with van der Waals surface area (Å²) in [5.74, 6) is -0.344. The molecule has 1 rings (SSSR count). The van der Waals surface area contributed by atoms with Crippen LogP contribution in [0.2, 0.25) is 0 Å². The lowest BCUT2D eigenvalue weighted by Gasteiger charge is -2.05. The van der Waals surface area contributed by atoms with Gasteiger partial charge in [-0.2, -0.15) is 10.5 Å². The fourth-order valence-electron chi connectivity index (χ4n) is 1.22. The number of benzene rings is 1. The molecule has 74 valence electrons. The zero-order valence-electron chi connectivity index (χ0n) is 8.40. The summed E-state index contributed by atoms with van der Waals surface area (Å²) in [6.07, 6.45) is 0.221. The maximum absolute atomic E-state index is 11.7. The monoisotopic (exact) mass is 198 g/mol. The molecule has 1 atom stereocenters. The second kappa shape index (κ2) is 4.93. The van der Waals surface area contributed by atoms with Crippen molar-refractivity contribution >= 4 is 5.78 Å². The van der Waals surface area contributed by atoms with Crippen molar-refractivity contribution in [1.29, 1.82) is 10.5 Å². The first kappa shape index (κ1) is 10.9. The van der Waals surface area contributed by atoms with Crippen molar-refractivity contribution in [3.63, 3.8) is 0 Å². The number of Topliss-reactive ketones (excluding diaryl/α,β-unsaturated/α-hetero) is 1. The third-order valence-corrected chi connectivity index (χ3v) is 2.14. The van der Waals surface area contributed by atoms with Crippen molar-refractivity contribution in [2.45, 2.75) is 13.3 Å². The van der Waals surface area contributed by atoms with Gasteiger partial charge in [-0.1, -0.05) is 19.1 Å². The van der Waals surface area contributed by atoms with Gasteiger partial charge in [-0.25, -0.2) is 0 Å². The summed E-state index contributed by atoms with van der Waals surface area (Å²) >= 11 is 0. The molecule has 0 aliphatic carbocycles. The number of hydrogen-bond acceptors (Lipinski definition) is 3. The van der Waals surface area contributed by atoms with Crippen molar-refractivity contribution in [3.05, 3.63) is 35.4 Å². The number of nitriles is 2. The van der Waals surface area contributed by atoms with Gasteiger partial charge in [-0.05, 0) is 12.1 Å². The number of hydrogen-bond donors (Lipinski definition) is 0. The number of nitrogens with zero attached hydrogens (tertiary/aromatic N) is 2. The van der Waals surface area contributed by atoms with E-state index in [0.717, 1.165) is 0 Å². The molecule has 3 heteroatoms. The maximum atomic E-state index is 11.7. The summed E-state index contributed by atoms with van der Waals surface area (Å²) in [5, 5.41) is 17.1. The van der Waals surface area contributed by atoms with Gasteiger partial charge in [0.15, 0.2) is 5.78 Å². The highest BCUT2D eigenvalue weighted by molar-refractivity contribution is 5.97. The average molecular weight is 198 g/mol. The van der Waals surface area contributed by atoms with Crippen molar-refractivity contribution in [2.75, 3.05) is 0 Å². The van der Waals surface area contributed by atoms with Crippen LogP contribution in [0.15, 0.2) is 24.3 Å². The van der Waals surface area contributed by atoms with E-state index in [9.17, 15) is 4.79 Å². The summed E-state index contributed by atoms with van der Waals surface area (Å²) in [6, 6.07) is 10.4. The second-order valence-corrected chi connectivity index (χ2v) is 3.32. The molecule has 0 N–H and O–H groups in total. The molecule has 1 aromatic rings. The molecule has 15 heavy (non-hydrogen) atoms. The van der Waals surface area contributed by atoms with Gasteiger partial charge in [-0.15, -0.1) is 0 Å². The Hall–Kier alpha value is -2.13. The van der Waals surface area contributed by atoms with E-state index >= 15 is 0 Å². The highest BCUT2D eigenvalue weighted by Crippen LogP contribution is 2.12. The Morgan fingerprint density at radius 2 is 1.93 bits per heavy atom. The molecule has 1 unspecified atom stereocenters. The first-order valence-corrected chi connectivity index (χ1v) is 4.60. The minimum absolute atomic E-state index is 0.0546. The molecular formula is C12H10N2O. The van der Waals surface area contributed by atoms with Crippen molar-refractivity contribution in [3.8, 4) is 12.1 Å². The first-order valence-electron chi connectivity index (χ1n) is 4.60. The molecule has 0 saturated heterocycles. The fraction of sp³-hybridized carbons (Fsp3) is 0.250. The highest BCUT2D eigenvalue weighted by Gasteiger charge is 2.14. The lowest BCUT2D eigenvalue weighted by Crippen LogP contribution is -2.10. The number of carbonyl (C=O) groups excluding carboxylic acids is 1. The quantitative estimate of drug-likeness (QED) is 0.700. The second-order valence-electron chi connectivity index (χ2n) is 3.32. The third-order valence-electron chi connectivity index (χ3n) is 2.14. The van der Waals surface area contributed by atoms with Gasteiger partial charge < -0.3 is 0 Å². The molecule has 1 aromatic carbocycles. The maximum Gasteiger partial charge on any atom is 0.166 e. The van der Waals surface area contributed by atoms with Crippen LogP contribution in [0.4, 0.5) is 0 Å². The molecule has 0 aliphatic heterocycles. The first-order chi connectivity index (χ1) is 7.19. The number of carbonyl (C=O) groups is 1. The summed E-state index contributed by atoms with van der Waals surface area (Å²) in [5.41, 5.74) is 1.08. The van der Waals surface area contributed by atoms with Crippen LogP contribution < -0.4 is 0 Å². The largest absolute Gasteiger partial charge is 0.294 e. The minimum Gasteiger partial charge on any atom is -0.294 e. The summed E-state index contributed by atoms with van der Waals surface area (Å²) in [4.78, 5) is 11.7. The van der Waals surface area contributed by atoms with E-state index in [1.165, 1.54) is 0 Å². The van der Waals surface area contributed by atoms with E-state index in [4.69, 9.17) is 10.5 Å². The van der Waals surface area contributed by atoms with E-state index in [0.29, 0.717) is 11.1 Å². The van der Waals surface area contributed by atoms with Crippen LogP contribution in [0.25, 0.3) is 0 Å². The molecule has 0 aliphatic rings. The van der Waals surface area contributed by atoms with Crippen molar-refractivity contribution in [1.82, 2.24) is 0 Å². The van der Waals surface area contributed by atoms with Crippen LogP contribution in [0.3, 0.4) is 0 Å².